The van der Waals surface area contributed by atoms with Crippen molar-refractivity contribution in [2.45, 2.75) is 6.10 Å². The molecule has 3 rings (SSSR count). The minimum absolute atomic E-state index is 0.129. The Morgan fingerprint density at radius 2 is 2.08 bits per heavy atom. The zero-order valence-electron chi connectivity index (χ0n) is 13.0. The first kappa shape index (κ1) is 17.0. The fraction of sp³-hybridized carbons (Fsp3) is 0.176. The van der Waals surface area contributed by atoms with E-state index in [2.05, 4.69) is 10.6 Å². The molecule has 0 spiro atoms. The quantitative estimate of drug-likeness (QED) is 0.871. The lowest BCUT2D eigenvalue weighted by Gasteiger charge is -2.13. The molecule has 2 N–H and O–H groups in total. The molecule has 0 radical (unpaired) electrons. The summed E-state index contributed by atoms with van der Waals surface area (Å²) < 4.78 is 18.5. The number of anilines is 2. The number of amides is 3. The first-order chi connectivity index (χ1) is 12.0. The molecule has 6 nitrogen and oxygen atoms in total. The van der Waals surface area contributed by atoms with Crippen LogP contribution in [0.15, 0.2) is 48.5 Å². The van der Waals surface area contributed by atoms with E-state index in [0.717, 1.165) is 0 Å². The number of ether oxygens (including phenoxy) is 1. The predicted octanol–water partition coefficient (Wildman–Crippen LogP) is 3.63. The molecule has 1 aliphatic heterocycles. The van der Waals surface area contributed by atoms with Crippen molar-refractivity contribution < 1.29 is 18.7 Å². The average Bonchev–Trinajstić information content (AvgIpc) is 2.94. The zero-order valence-corrected chi connectivity index (χ0v) is 13.8. The maximum absolute atomic E-state index is 13.3. The van der Waals surface area contributed by atoms with Crippen molar-refractivity contribution in [2.24, 2.45) is 0 Å². The summed E-state index contributed by atoms with van der Waals surface area (Å²) in [6.45, 7) is 0.351. The number of rotatable bonds is 4. The van der Waals surface area contributed by atoms with E-state index in [1.165, 1.54) is 23.1 Å². The molecule has 130 valence electrons. The smallest absolute Gasteiger partial charge is 0.414 e. The summed E-state index contributed by atoms with van der Waals surface area (Å²) in [4.78, 5) is 25.1. The van der Waals surface area contributed by atoms with Crippen LogP contribution in [0.1, 0.15) is 0 Å². The highest BCUT2D eigenvalue weighted by molar-refractivity contribution is 6.30. The first-order valence-corrected chi connectivity index (χ1v) is 7.93. The Morgan fingerprint density at radius 1 is 1.28 bits per heavy atom. The van der Waals surface area contributed by atoms with Gasteiger partial charge in [0.25, 0.3) is 0 Å². The summed E-state index contributed by atoms with van der Waals surface area (Å²) in [6, 6.07) is 12.0. The van der Waals surface area contributed by atoms with Crippen LogP contribution in [0.25, 0.3) is 0 Å². The van der Waals surface area contributed by atoms with E-state index < -0.39 is 24.0 Å². The van der Waals surface area contributed by atoms with Gasteiger partial charge >= 0.3 is 12.1 Å². The molecule has 1 unspecified atom stereocenters. The van der Waals surface area contributed by atoms with Crippen molar-refractivity contribution in [2.75, 3.05) is 23.3 Å². The molecule has 8 heteroatoms. The Kier molecular flexibility index (Phi) is 5.04. The molecule has 1 saturated heterocycles. The third-order valence-corrected chi connectivity index (χ3v) is 3.80. The number of cyclic esters (lactones) is 1. The van der Waals surface area contributed by atoms with Crippen molar-refractivity contribution in [3.8, 4) is 0 Å². The molecular weight excluding hydrogens is 349 g/mol. The second-order valence-electron chi connectivity index (χ2n) is 5.44. The fourth-order valence-corrected chi connectivity index (χ4v) is 2.62. The van der Waals surface area contributed by atoms with Gasteiger partial charge in [0.05, 0.1) is 18.8 Å². The number of urea groups is 1. The summed E-state index contributed by atoms with van der Waals surface area (Å²) in [5, 5.41) is 5.76. The molecule has 3 amide bonds. The van der Waals surface area contributed by atoms with Crippen LogP contribution in [-0.2, 0) is 4.74 Å². The molecule has 0 aliphatic carbocycles. The number of benzene rings is 2. The Labute approximate surface area is 148 Å². The van der Waals surface area contributed by atoms with Gasteiger partial charge in [0, 0.05) is 10.7 Å². The number of nitrogens with one attached hydrogen (secondary N) is 2. The highest BCUT2D eigenvalue weighted by Gasteiger charge is 2.32. The average molecular weight is 364 g/mol. The Morgan fingerprint density at radius 3 is 2.84 bits per heavy atom. The van der Waals surface area contributed by atoms with Crippen LogP contribution in [0.2, 0.25) is 5.02 Å². The summed E-state index contributed by atoms with van der Waals surface area (Å²) in [5.41, 5.74) is 0.964. The summed E-state index contributed by atoms with van der Waals surface area (Å²) in [7, 11) is 0. The molecular formula is C17H15ClFN3O3. The van der Waals surface area contributed by atoms with Crippen molar-refractivity contribution in [3.05, 3.63) is 59.4 Å². The van der Waals surface area contributed by atoms with Crippen molar-refractivity contribution in [1.29, 1.82) is 0 Å². The van der Waals surface area contributed by atoms with E-state index in [9.17, 15) is 14.0 Å². The number of hydrogen-bond acceptors (Lipinski definition) is 3. The molecule has 2 aromatic carbocycles. The van der Waals surface area contributed by atoms with Crippen LogP contribution in [0.3, 0.4) is 0 Å². The topological polar surface area (TPSA) is 70.7 Å². The number of nitrogens with zero attached hydrogens (tertiary/aromatic N) is 1. The second-order valence-corrected chi connectivity index (χ2v) is 5.88. The van der Waals surface area contributed by atoms with Crippen LogP contribution in [0, 0.1) is 5.82 Å². The zero-order chi connectivity index (χ0) is 17.8. The van der Waals surface area contributed by atoms with E-state index in [0.29, 0.717) is 16.4 Å². The van der Waals surface area contributed by atoms with Gasteiger partial charge in [0.15, 0.2) is 0 Å². The maximum atomic E-state index is 13.3. The van der Waals surface area contributed by atoms with E-state index in [4.69, 9.17) is 16.3 Å². The van der Waals surface area contributed by atoms with Gasteiger partial charge in [0.2, 0.25) is 0 Å². The van der Waals surface area contributed by atoms with Crippen LogP contribution >= 0.6 is 11.6 Å². The third-order valence-electron chi connectivity index (χ3n) is 3.57. The number of carbonyl (C=O) groups excluding carboxylic acids is 2. The first-order valence-electron chi connectivity index (χ1n) is 7.55. The van der Waals surface area contributed by atoms with Crippen LogP contribution < -0.4 is 15.5 Å². The number of hydrogen-bond donors (Lipinski definition) is 2. The molecule has 2 aromatic rings. The Balaban J connectivity index is 1.52. The van der Waals surface area contributed by atoms with Gasteiger partial charge in [-0.1, -0.05) is 23.7 Å². The maximum Gasteiger partial charge on any atom is 0.414 e. The standard InChI is InChI=1S/C17H15ClFN3O3/c18-11-3-1-5-13(7-11)21-16(23)20-9-15-10-22(17(24)25-15)14-6-2-4-12(19)8-14/h1-8,15H,9-10H2,(H2,20,21,23). The molecule has 25 heavy (non-hydrogen) atoms. The lowest BCUT2D eigenvalue weighted by molar-refractivity contribution is 0.141. The van der Waals surface area contributed by atoms with Crippen LogP contribution in [-0.4, -0.2) is 31.3 Å². The normalized spacial score (nSPS) is 16.5. The van der Waals surface area contributed by atoms with Gasteiger partial charge in [-0.15, -0.1) is 0 Å². The molecule has 0 saturated carbocycles. The molecule has 1 atom stereocenters. The van der Waals surface area contributed by atoms with Crippen molar-refractivity contribution in [1.82, 2.24) is 5.32 Å². The van der Waals surface area contributed by atoms with Gasteiger partial charge in [-0.05, 0) is 36.4 Å². The van der Waals surface area contributed by atoms with E-state index in [1.807, 2.05) is 0 Å². The summed E-state index contributed by atoms with van der Waals surface area (Å²) in [6.07, 6.45) is -1.10. The minimum atomic E-state index is -0.576. The number of halogens is 2. The molecule has 1 heterocycles. The highest BCUT2D eigenvalue weighted by Crippen LogP contribution is 2.22. The molecule has 0 bridgehead atoms. The SMILES string of the molecule is O=C(NCC1CN(c2cccc(F)c2)C(=O)O1)Nc1cccc(Cl)c1. The molecule has 1 aliphatic rings. The summed E-state index contributed by atoms with van der Waals surface area (Å²) in [5.74, 6) is -0.437. The predicted molar refractivity (Wildman–Crippen MR) is 92.5 cm³/mol. The van der Waals surface area contributed by atoms with Crippen LogP contribution in [0.5, 0.6) is 0 Å². The monoisotopic (exact) mass is 363 g/mol. The largest absolute Gasteiger partial charge is 0.442 e. The summed E-state index contributed by atoms with van der Waals surface area (Å²) >= 11 is 5.85. The van der Waals surface area contributed by atoms with Gasteiger partial charge in [-0.3, -0.25) is 4.90 Å². The van der Waals surface area contributed by atoms with Gasteiger partial charge in [-0.2, -0.15) is 0 Å². The van der Waals surface area contributed by atoms with Crippen molar-refractivity contribution >= 4 is 35.1 Å². The fourth-order valence-electron chi connectivity index (χ4n) is 2.43. The number of carbonyl (C=O) groups is 2. The van der Waals surface area contributed by atoms with Gasteiger partial charge < -0.3 is 15.4 Å². The molecule has 1 fully saturated rings. The van der Waals surface area contributed by atoms with E-state index in [1.54, 1.807) is 30.3 Å². The second kappa shape index (κ2) is 7.40. The van der Waals surface area contributed by atoms with Crippen LogP contribution in [0.4, 0.5) is 25.4 Å². The van der Waals surface area contributed by atoms with Crippen molar-refractivity contribution in [3.63, 3.8) is 0 Å². The minimum Gasteiger partial charge on any atom is -0.442 e. The van der Waals surface area contributed by atoms with Gasteiger partial charge in [-0.25, -0.2) is 14.0 Å². The lowest BCUT2D eigenvalue weighted by Crippen LogP contribution is -2.37. The lowest BCUT2D eigenvalue weighted by atomic mass is 10.2. The van der Waals surface area contributed by atoms with Gasteiger partial charge in [0.1, 0.15) is 11.9 Å². The Bertz CT molecular complexity index is 802. The van der Waals surface area contributed by atoms with E-state index in [-0.39, 0.29) is 13.1 Å². The molecule has 0 aromatic heterocycles. The van der Waals surface area contributed by atoms with E-state index >= 15 is 0 Å². The third kappa shape index (κ3) is 4.39. The highest BCUT2D eigenvalue weighted by atomic mass is 35.5. The Hall–Kier alpha value is -2.80.